The van der Waals surface area contributed by atoms with E-state index < -0.39 is 165 Å². The smallest absolute Gasteiger partial charge is 0.335 e. The van der Waals surface area contributed by atoms with Crippen LogP contribution >= 0.6 is 0 Å². The summed E-state index contributed by atoms with van der Waals surface area (Å²) in [5, 5.41) is 153. The first kappa shape index (κ1) is 60.0. The van der Waals surface area contributed by atoms with E-state index in [2.05, 4.69) is 54.5 Å². The van der Waals surface area contributed by atoms with Crippen molar-refractivity contribution in [3.8, 4) is 0 Å². The molecule has 0 aromatic carbocycles. The molecule has 0 aromatic heterocycles. The van der Waals surface area contributed by atoms with Crippen molar-refractivity contribution in [2.24, 2.45) is 50.2 Å². The predicted octanol–water partition coefficient (Wildman–Crippen LogP) is -1.47. The molecule has 4 saturated carbocycles. The summed E-state index contributed by atoms with van der Waals surface area (Å²) < 4.78 is 47.8. The number of aliphatic hydroxyl groups is 13. The van der Waals surface area contributed by atoms with Gasteiger partial charge in [-0.2, -0.15) is 0 Å². The lowest BCUT2D eigenvalue weighted by molar-refractivity contribution is -0.391. The van der Waals surface area contributed by atoms with Crippen LogP contribution in [0, 0.1) is 50.2 Å². The maximum absolute atomic E-state index is 13.3. The standard InChI is InChI=1S/C54H88O23/c1-22-31(58)34(61)38(65)46(71-22)76-42-40(67)41(75-47-39(66)36(63)33(60)26(73-47)20-70-45-37(64)35(62)32(59)25(19-55)72-45)43(44(68)69)77-48(42)74-30-12-13-51(6)27(50(30,4)5)11-14-52(7)28(51)10-9-23-24-17-49(2,3)15-16-54(24,21-56)29(57)18-53(23,52)8/h9,22,24-43,45-48,55-67H,10-21H2,1-8H3,(H,68,69)/t22-,24-,25+,26+,27+,28-,29+,30+,31-,32+,33-,34+,35-,36-,37+,38+,39+,40-,41+,42+,43-,45+,46-,47-,48+,51-,52+,53+,54+/m0/s1. The molecule has 0 spiro atoms. The highest BCUT2D eigenvalue weighted by Crippen LogP contribution is 2.76. The van der Waals surface area contributed by atoms with Gasteiger partial charge in [0.1, 0.15) is 85.5 Å². The summed E-state index contributed by atoms with van der Waals surface area (Å²) >= 11 is 0. The monoisotopic (exact) mass is 1100 g/mol. The highest BCUT2D eigenvalue weighted by molar-refractivity contribution is 5.73. The molecule has 442 valence electrons. The summed E-state index contributed by atoms with van der Waals surface area (Å²) in [6.07, 6.45) is -28.2. The summed E-state index contributed by atoms with van der Waals surface area (Å²) in [6, 6.07) is 0. The van der Waals surface area contributed by atoms with Gasteiger partial charge < -0.3 is 109 Å². The van der Waals surface area contributed by atoms with Crippen LogP contribution in [0.2, 0.25) is 0 Å². The third-order valence-corrected chi connectivity index (χ3v) is 21.5. The lowest BCUT2D eigenvalue weighted by atomic mass is 9.33. The number of fused-ring (bicyclic) bond motifs is 7. The normalized spacial score (nSPS) is 54.5. The van der Waals surface area contributed by atoms with Crippen LogP contribution in [0.15, 0.2) is 11.6 Å². The van der Waals surface area contributed by atoms with Crippen LogP contribution in [0.4, 0.5) is 0 Å². The molecule has 0 bridgehead atoms. The van der Waals surface area contributed by atoms with Gasteiger partial charge in [-0.05, 0) is 110 Å². The van der Waals surface area contributed by atoms with E-state index in [-0.39, 0.29) is 46.0 Å². The Balaban J connectivity index is 0.970. The van der Waals surface area contributed by atoms with Gasteiger partial charge in [-0.3, -0.25) is 0 Å². The minimum atomic E-state index is -2.11. The quantitative estimate of drug-likeness (QED) is 0.0783. The van der Waals surface area contributed by atoms with E-state index in [4.69, 9.17) is 37.9 Å². The molecule has 4 heterocycles. The van der Waals surface area contributed by atoms with Crippen LogP contribution in [-0.4, -0.2) is 232 Å². The van der Waals surface area contributed by atoms with Crippen molar-refractivity contribution in [3.05, 3.63) is 11.6 Å². The first-order valence-electron chi connectivity index (χ1n) is 27.8. The van der Waals surface area contributed by atoms with Gasteiger partial charge in [-0.15, -0.1) is 0 Å². The van der Waals surface area contributed by atoms with Crippen molar-refractivity contribution in [1.29, 1.82) is 0 Å². The molecule has 0 aromatic rings. The zero-order chi connectivity index (χ0) is 56.4. The van der Waals surface area contributed by atoms with Crippen LogP contribution in [0.1, 0.15) is 113 Å². The average molecular weight is 1110 g/mol. The zero-order valence-corrected chi connectivity index (χ0v) is 45.4. The van der Waals surface area contributed by atoms with E-state index in [1.165, 1.54) is 12.5 Å². The number of carboxylic acids is 1. The Hall–Kier alpha value is -1.63. The molecule has 8 fully saturated rings. The second-order valence-electron chi connectivity index (χ2n) is 26.5. The number of aliphatic hydroxyl groups excluding tert-OH is 13. The third-order valence-electron chi connectivity index (χ3n) is 21.5. The lowest BCUT2D eigenvalue weighted by Crippen LogP contribution is -2.69. The third kappa shape index (κ3) is 9.80. The Labute approximate surface area is 449 Å². The molecule has 14 N–H and O–H groups in total. The Bertz CT molecular complexity index is 2130. The molecule has 9 rings (SSSR count). The SMILES string of the molecule is C[C@@H]1O[C@@H](O[C@H]2[C@H](O[C@@H]3CC[C@@]4(C)[C@H](CC[C@]5(C)[C@H]4CC=C4[C@@H]6CC(C)(C)CC[C@]6(CO)[C@H](O)C[C@]45C)C3(C)C)O[C@H](C(=O)O)[C@H](O[C@@H]3O[C@H](CO[C@@H]4O[C@H](CO)[C@@H](O)[C@H](O)[C@H]4O)[C@H](O)[C@H](O)[C@H]3O)[C@@H]2O)[C@H](O)[C@H](O)[C@H]1O. The van der Waals surface area contributed by atoms with E-state index >= 15 is 0 Å². The van der Waals surface area contributed by atoms with Gasteiger partial charge in [0.15, 0.2) is 31.3 Å². The molecular weight excluding hydrogens is 1020 g/mol. The van der Waals surface area contributed by atoms with E-state index in [1.807, 2.05) is 0 Å². The molecule has 0 unspecified atom stereocenters. The average Bonchev–Trinajstić information content (AvgIpc) is 3.45. The first-order chi connectivity index (χ1) is 35.9. The summed E-state index contributed by atoms with van der Waals surface area (Å²) in [6.45, 7) is 15.7. The van der Waals surface area contributed by atoms with Crippen LogP contribution < -0.4 is 0 Å². The number of hydrogen-bond acceptors (Lipinski definition) is 22. The topological polar surface area (TPSA) is 374 Å². The van der Waals surface area contributed by atoms with Gasteiger partial charge >= 0.3 is 5.97 Å². The minimum Gasteiger partial charge on any atom is -0.479 e. The Kier molecular flexibility index (Phi) is 16.8. The van der Waals surface area contributed by atoms with E-state index in [1.54, 1.807) is 0 Å². The number of aliphatic carboxylic acids is 1. The molecule has 23 heteroatoms. The zero-order valence-electron chi connectivity index (χ0n) is 45.4. The van der Waals surface area contributed by atoms with Gasteiger partial charge in [-0.1, -0.05) is 60.1 Å². The highest BCUT2D eigenvalue weighted by Gasteiger charge is 2.70. The summed E-state index contributed by atoms with van der Waals surface area (Å²) in [7, 11) is 0. The second kappa shape index (κ2) is 21.5. The van der Waals surface area contributed by atoms with Crippen molar-refractivity contribution in [2.45, 2.75) is 248 Å². The van der Waals surface area contributed by atoms with Crippen molar-refractivity contribution in [1.82, 2.24) is 0 Å². The van der Waals surface area contributed by atoms with Crippen molar-refractivity contribution < 1.29 is 114 Å². The fraction of sp³-hybridized carbons (Fsp3) is 0.944. The van der Waals surface area contributed by atoms with E-state index in [9.17, 15) is 76.3 Å². The number of rotatable bonds is 12. The minimum absolute atomic E-state index is 0.0357. The fourth-order valence-electron chi connectivity index (χ4n) is 16.5. The number of ether oxygens (including phenoxy) is 8. The molecule has 4 saturated heterocycles. The molecule has 77 heavy (non-hydrogen) atoms. The van der Waals surface area contributed by atoms with Gasteiger partial charge in [-0.25, -0.2) is 4.79 Å². The van der Waals surface area contributed by atoms with Crippen LogP contribution in [0.5, 0.6) is 0 Å². The number of carbonyl (C=O) groups is 1. The molecule has 5 aliphatic carbocycles. The molecule has 0 radical (unpaired) electrons. The summed E-state index contributed by atoms with van der Waals surface area (Å²) in [5.74, 6) is -1.39. The van der Waals surface area contributed by atoms with Crippen molar-refractivity contribution >= 4 is 5.97 Å². The predicted molar refractivity (Wildman–Crippen MR) is 263 cm³/mol. The maximum atomic E-state index is 13.3. The number of allylic oxidation sites excluding steroid dienone is 2. The second-order valence-corrected chi connectivity index (χ2v) is 26.5. The van der Waals surface area contributed by atoms with E-state index in [0.29, 0.717) is 19.3 Å². The van der Waals surface area contributed by atoms with Gasteiger partial charge in [0, 0.05) is 5.41 Å². The van der Waals surface area contributed by atoms with Crippen LogP contribution in [0.3, 0.4) is 0 Å². The fourth-order valence-corrected chi connectivity index (χ4v) is 16.5. The molecule has 23 nitrogen and oxygen atoms in total. The summed E-state index contributed by atoms with van der Waals surface area (Å²) in [5.41, 5.74) is -0.601. The van der Waals surface area contributed by atoms with Gasteiger partial charge in [0.25, 0.3) is 0 Å². The molecule has 29 atom stereocenters. The van der Waals surface area contributed by atoms with Crippen molar-refractivity contribution in [3.63, 3.8) is 0 Å². The van der Waals surface area contributed by atoms with Gasteiger partial charge in [0.05, 0.1) is 38.1 Å². The van der Waals surface area contributed by atoms with E-state index in [0.717, 1.165) is 38.5 Å². The molecule has 4 aliphatic heterocycles. The molecular formula is C54H88O23. The molecule has 9 aliphatic rings. The number of carboxylic acid groups (broad SMARTS) is 1. The Morgan fingerprint density at radius 3 is 1.84 bits per heavy atom. The Morgan fingerprint density at radius 2 is 1.21 bits per heavy atom. The van der Waals surface area contributed by atoms with Crippen LogP contribution in [-0.2, 0) is 42.7 Å². The van der Waals surface area contributed by atoms with Gasteiger partial charge in [0.2, 0.25) is 0 Å². The maximum Gasteiger partial charge on any atom is 0.335 e. The largest absolute Gasteiger partial charge is 0.479 e. The Morgan fingerprint density at radius 1 is 0.610 bits per heavy atom. The lowest BCUT2D eigenvalue weighted by Gasteiger charge is -2.72. The molecule has 0 amide bonds. The van der Waals surface area contributed by atoms with Crippen LogP contribution in [0.25, 0.3) is 0 Å². The summed E-state index contributed by atoms with van der Waals surface area (Å²) in [4.78, 5) is 13.3. The first-order valence-corrected chi connectivity index (χ1v) is 27.8. The number of hydrogen-bond donors (Lipinski definition) is 14. The van der Waals surface area contributed by atoms with Crippen molar-refractivity contribution in [2.75, 3.05) is 19.8 Å². The highest BCUT2D eigenvalue weighted by atomic mass is 16.8.